The van der Waals surface area contributed by atoms with Crippen molar-refractivity contribution in [3.05, 3.63) is 24.3 Å². The van der Waals surface area contributed by atoms with Crippen molar-refractivity contribution < 1.29 is 9.47 Å². The second kappa shape index (κ2) is 2.32. The molecule has 0 spiro atoms. The predicted octanol–water partition coefficient (Wildman–Crippen LogP) is 1.36. The number of benzene rings is 1. The zero-order valence-corrected chi connectivity index (χ0v) is 6.73. The van der Waals surface area contributed by atoms with Crippen molar-refractivity contribution in [1.82, 2.24) is 9.97 Å². The molecule has 1 aromatic carbocycles. The van der Waals surface area contributed by atoms with Crippen LogP contribution in [0, 0.1) is 0 Å². The van der Waals surface area contributed by atoms with E-state index in [1.807, 2.05) is 24.3 Å². The summed E-state index contributed by atoms with van der Waals surface area (Å²) < 4.78 is 10.2. The van der Waals surface area contributed by atoms with E-state index in [1.165, 1.54) is 0 Å². The number of ether oxygens (including phenoxy) is 2. The molecular weight excluding hydrogens is 168 g/mol. The molecule has 2 heterocycles. The molecule has 2 aromatic rings. The summed E-state index contributed by atoms with van der Waals surface area (Å²) in [5.74, 6) is 0.970. The van der Waals surface area contributed by atoms with Crippen LogP contribution in [0.1, 0.15) is 0 Å². The van der Waals surface area contributed by atoms with Crippen molar-refractivity contribution in [3.63, 3.8) is 0 Å². The first kappa shape index (κ1) is 6.65. The molecule has 0 atom stereocenters. The summed E-state index contributed by atoms with van der Waals surface area (Å²) in [5.41, 5.74) is 1.65. The van der Waals surface area contributed by atoms with Gasteiger partial charge in [0.1, 0.15) is 0 Å². The summed E-state index contributed by atoms with van der Waals surface area (Å²) in [6.45, 7) is 0.214. The van der Waals surface area contributed by atoms with E-state index in [0.29, 0.717) is 11.8 Å². The van der Waals surface area contributed by atoms with Gasteiger partial charge in [-0.1, -0.05) is 12.1 Å². The van der Waals surface area contributed by atoms with Gasteiger partial charge in [0.25, 0.3) is 11.8 Å². The van der Waals surface area contributed by atoms with Gasteiger partial charge in [0.15, 0.2) is 0 Å². The fraction of sp³-hybridized carbons (Fsp3) is 0.111. The Hall–Kier alpha value is -1.84. The van der Waals surface area contributed by atoms with Crippen molar-refractivity contribution in [2.24, 2.45) is 0 Å². The average Bonchev–Trinajstić information content (AvgIpc) is 2.61. The Kier molecular flexibility index (Phi) is 1.19. The quantitative estimate of drug-likeness (QED) is 0.604. The topological polar surface area (TPSA) is 44.2 Å². The Labute approximate surface area is 74.1 Å². The molecule has 0 aliphatic carbocycles. The predicted molar refractivity (Wildman–Crippen MR) is 45.7 cm³/mol. The molecule has 3 rings (SSSR count). The molecule has 4 nitrogen and oxygen atoms in total. The number of rotatable bonds is 0. The van der Waals surface area contributed by atoms with Crippen molar-refractivity contribution in [2.75, 3.05) is 6.79 Å². The highest BCUT2D eigenvalue weighted by atomic mass is 16.7. The molecule has 1 aliphatic rings. The zero-order valence-electron chi connectivity index (χ0n) is 6.73. The van der Waals surface area contributed by atoms with E-state index in [1.54, 1.807) is 0 Å². The number of nitrogens with zero attached hydrogens (tertiary/aromatic N) is 2. The van der Waals surface area contributed by atoms with Gasteiger partial charge in [-0.3, -0.25) is 0 Å². The fourth-order valence-corrected chi connectivity index (χ4v) is 1.30. The Bertz CT molecular complexity index is 428. The average molecular weight is 174 g/mol. The van der Waals surface area contributed by atoms with E-state index >= 15 is 0 Å². The van der Waals surface area contributed by atoms with Gasteiger partial charge >= 0.3 is 0 Å². The molecular formula is C9H6N2O2. The SMILES string of the molecule is c1ccc2nc3c(nc2c1)OCO3. The first-order valence-corrected chi connectivity index (χ1v) is 3.96. The third kappa shape index (κ3) is 0.917. The van der Waals surface area contributed by atoms with Gasteiger partial charge in [0.2, 0.25) is 6.79 Å². The summed E-state index contributed by atoms with van der Waals surface area (Å²) in [4.78, 5) is 8.49. The van der Waals surface area contributed by atoms with Gasteiger partial charge in [-0.25, -0.2) is 9.97 Å². The summed E-state index contributed by atoms with van der Waals surface area (Å²) >= 11 is 0. The lowest BCUT2D eigenvalue weighted by atomic mass is 10.3. The first-order chi connectivity index (χ1) is 6.43. The van der Waals surface area contributed by atoms with Gasteiger partial charge in [0, 0.05) is 0 Å². The van der Waals surface area contributed by atoms with Crippen LogP contribution in [0.4, 0.5) is 0 Å². The Morgan fingerprint density at radius 1 is 0.923 bits per heavy atom. The van der Waals surface area contributed by atoms with E-state index in [0.717, 1.165) is 11.0 Å². The smallest absolute Gasteiger partial charge is 0.281 e. The second-order valence-electron chi connectivity index (χ2n) is 2.73. The third-order valence-electron chi connectivity index (χ3n) is 1.90. The van der Waals surface area contributed by atoms with Gasteiger partial charge in [-0.05, 0) is 12.1 Å². The van der Waals surface area contributed by atoms with Crippen LogP contribution in [0.25, 0.3) is 11.0 Å². The summed E-state index contributed by atoms with van der Waals surface area (Å²) in [6, 6.07) is 7.62. The van der Waals surface area contributed by atoms with Gasteiger partial charge in [-0.15, -0.1) is 0 Å². The van der Waals surface area contributed by atoms with Crippen molar-refractivity contribution in [2.45, 2.75) is 0 Å². The second-order valence-corrected chi connectivity index (χ2v) is 2.73. The maximum atomic E-state index is 5.11. The van der Waals surface area contributed by atoms with Crippen molar-refractivity contribution in [3.8, 4) is 11.8 Å². The molecule has 13 heavy (non-hydrogen) atoms. The molecule has 1 aliphatic heterocycles. The van der Waals surface area contributed by atoms with E-state index in [4.69, 9.17) is 9.47 Å². The van der Waals surface area contributed by atoms with E-state index in [9.17, 15) is 0 Å². The van der Waals surface area contributed by atoms with Gasteiger partial charge in [-0.2, -0.15) is 0 Å². The summed E-state index contributed by atoms with van der Waals surface area (Å²) in [5, 5.41) is 0. The molecule has 0 amide bonds. The molecule has 0 N–H and O–H groups in total. The highest BCUT2D eigenvalue weighted by Gasteiger charge is 2.17. The van der Waals surface area contributed by atoms with E-state index in [-0.39, 0.29) is 6.79 Å². The van der Waals surface area contributed by atoms with Crippen LogP contribution in [-0.4, -0.2) is 16.8 Å². The fourth-order valence-electron chi connectivity index (χ4n) is 1.30. The zero-order chi connectivity index (χ0) is 8.67. The van der Waals surface area contributed by atoms with E-state index in [2.05, 4.69) is 9.97 Å². The number of fused-ring (bicyclic) bond motifs is 2. The Balaban J connectivity index is 2.36. The number of aromatic nitrogens is 2. The molecule has 0 saturated carbocycles. The van der Waals surface area contributed by atoms with E-state index < -0.39 is 0 Å². The minimum atomic E-state index is 0.214. The lowest BCUT2D eigenvalue weighted by Gasteiger charge is -1.97. The maximum absolute atomic E-state index is 5.11. The van der Waals surface area contributed by atoms with Crippen molar-refractivity contribution >= 4 is 11.0 Å². The lowest BCUT2D eigenvalue weighted by molar-refractivity contribution is 0.168. The van der Waals surface area contributed by atoms with Crippen molar-refractivity contribution in [1.29, 1.82) is 0 Å². The molecule has 4 heteroatoms. The van der Waals surface area contributed by atoms with Crippen LogP contribution in [0.3, 0.4) is 0 Å². The largest absolute Gasteiger partial charge is 0.436 e. The molecule has 0 unspecified atom stereocenters. The summed E-state index contributed by atoms with van der Waals surface area (Å²) in [6.07, 6.45) is 0. The molecule has 0 radical (unpaired) electrons. The van der Waals surface area contributed by atoms with Crippen LogP contribution in [-0.2, 0) is 0 Å². The molecule has 0 bridgehead atoms. The number of hydrogen-bond donors (Lipinski definition) is 0. The monoisotopic (exact) mass is 174 g/mol. The number of hydrogen-bond acceptors (Lipinski definition) is 4. The Morgan fingerprint density at radius 3 is 2.00 bits per heavy atom. The van der Waals surface area contributed by atoms with Crippen LogP contribution in [0.5, 0.6) is 11.8 Å². The first-order valence-electron chi connectivity index (χ1n) is 3.96. The normalized spacial score (nSPS) is 13.5. The molecule has 1 aromatic heterocycles. The van der Waals surface area contributed by atoms with Crippen LogP contribution >= 0.6 is 0 Å². The summed E-state index contributed by atoms with van der Waals surface area (Å²) in [7, 11) is 0. The lowest BCUT2D eigenvalue weighted by Crippen LogP contribution is -1.93. The van der Waals surface area contributed by atoms with Crippen LogP contribution < -0.4 is 9.47 Å². The third-order valence-corrected chi connectivity index (χ3v) is 1.90. The minimum absolute atomic E-state index is 0.214. The highest BCUT2D eigenvalue weighted by Crippen LogP contribution is 2.28. The number of para-hydroxylation sites is 2. The minimum Gasteiger partial charge on any atom is -0.436 e. The van der Waals surface area contributed by atoms with Crippen LogP contribution in [0.15, 0.2) is 24.3 Å². The molecule has 64 valence electrons. The van der Waals surface area contributed by atoms with Gasteiger partial charge in [0.05, 0.1) is 11.0 Å². The maximum Gasteiger partial charge on any atom is 0.281 e. The van der Waals surface area contributed by atoms with Gasteiger partial charge < -0.3 is 9.47 Å². The highest BCUT2D eigenvalue weighted by molar-refractivity contribution is 5.75. The Morgan fingerprint density at radius 2 is 1.46 bits per heavy atom. The van der Waals surface area contributed by atoms with Crippen LogP contribution in [0.2, 0.25) is 0 Å². The molecule has 0 fully saturated rings. The standard InChI is InChI=1S/C9H6N2O2/c1-2-4-7-6(3-1)10-8-9(11-7)13-5-12-8/h1-4H,5H2. The molecule has 0 saturated heterocycles.